The van der Waals surface area contributed by atoms with Crippen LogP contribution in [0, 0.1) is 0 Å². The number of aldehydes is 1. The molecule has 0 bridgehead atoms. The number of aliphatic hydroxyl groups excluding tert-OH is 2. The van der Waals surface area contributed by atoms with Crippen LogP contribution in [0.1, 0.15) is 13.8 Å². The molecule has 9 nitrogen and oxygen atoms in total. The lowest BCUT2D eigenvalue weighted by Crippen LogP contribution is -2.84. The molecule has 5 atom stereocenters. The van der Waals surface area contributed by atoms with E-state index in [0.29, 0.717) is 6.92 Å². The van der Waals surface area contributed by atoms with E-state index < -0.39 is 53.7 Å². The number of ketones is 2. The van der Waals surface area contributed by atoms with Gasteiger partial charge in [-0.15, -0.1) is 0 Å². The highest BCUT2D eigenvalue weighted by Crippen LogP contribution is 2.43. The minimum atomic E-state index is -3.42. The van der Waals surface area contributed by atoms with E-state index >= 15 is 0 Å². The molecule has 1 heterocycles. The van der Waals surface area contributed by atoms with E-state index in [4.69, 9.17) is 5.11 Å². The van der Waals surface area contributed by atoms with Crippen LogP contribution in [0.5, 0.6) is 0 Å². The Balaban J connectivity index is 3.66. The van der Waals surface area contributed by atoms with Crippen LogP contribution in [0.25, 0.3) is 0 Å². The Morgan fingerprint density at radius 1 is 1.20 bits per heavy atom. The first-order valence-corrected chi connectivity index (χ1v) is 5.65. The summed E-state index contributed by atoms with van der Waals surface area (Å²) in [5, 5.41) is 49.4. The van der Waals surface area contributed by atoms with Crippen LogP contribution in [0.2, 0.25) is 0 Å². The van der Waals surface area contributed by atoms with E-state index in [1.165, 1.54) is 0 Å². The minimum Gasteiger partial charge on any atom is -0.394 e. The third kappa shape index (κ3) is 1.75. The van der Waals surface area contributed by atoms with Gasteiger partial charge in [-0.2, -0.15) is 0 Å². The Kier molecular flexibility index (Phi) is 4.16. The number of carbonyl (C=O) groups excluding carboxylic acids is 3. The SMILES string of the molecule is CC(=O)[C@@]1(O)C(O)(C=O)O[C@H](CO)[C@H](O)[C@@]1(O)C(C)=O. The summed E-state index contributed by atoms with van der Waals surface area (Å²) < 4.78 is 4.61. The highest BCUT2D eigenvalue weighted by Gasteiger charge is 2.76. The van der Waals surface area contributed by atoms with E-state index in [1.54, 1.807) is 0 Å². The molecule has 1 aliphatic heterocycles. The third-order valence-electron chi connectivity index (χ3n) is 3.57. The summed E-state index contributed by atoms with van der Waals surface area (Å²) >= 11 is 0. The lowest BCUT2D eigenvalue weighted by molar-refractivity contribution is -0.371. The predicted octanol–water partition coefficient (Wildman–Crippen LogP) is -3.73. The van der Waals surface area contributed by atoms with Gasteiger partial charge in [-0.3, -0.25) is 14.4 Å². The number of aliphatic hydroxyl groups is 5. The monoisotopic (exact) mass is 292 g/mol. The zero-order valence-corrected chi connectivity index (χ0v) is 10.8. The number of hydrogen-bond acceptors (Lipinski definition) is 9. The lowest BCUT2D eigenvalue weighted by Gasteiger charge is -2.54. The van der Waals surface area contributed by atoms with Crippen molar-refractivity contribution < 1.29 is 44.7 Å². The van der Waals surface area contributed by atoms with Crippen molar-refractivity contribution in [1.82, 2.24) is 0 Å². The second-order valence-electron chi connectivity index (χ2n) is 4.69. The molecule has 0 amide bonds. The van der Waals surface area contributed by atoms with Crippen molar-refractivity contribution in [3.63, 3.8) is 0 Å². The van der Waals surface area contributed by atoms with Gasteiger partial charge in [0, 0.05) is 0 Å². The summed E-state index contributed by atoms with van der Waals surface area (Å²) in [4.78, 5) is 34.3. The molecule has 1 aliphatic rings. The summed E-state index contributed by atoms with van der Waals surface area (Å²) in [7, 11) is 0. The van der Waals surface area contributed by atoms with Crippen molar-refractivity contribution in [3.05, 3.63) is 0 Å². The van der Waals surface area contributed by atoms with Gasteiger partial charge in [0.15, 0.2) is 23.5 Å². The van der Waals surface area contributed by atoms with E-state index in [-0.39, 0.29) is 0 Å². The summed E-state index contributed by atoms with van der Waals surface area (Å²) in [6.45, 7) is 0.445. The Labute approximate surface area is 113 Å². The first kappa shape index (κ1) is 16.8. The normalized spacial score (nSPS) is 45.0. The van der Waals surface area contributed by atoms with Crippen molar-refractivity contribution >= 4 is 17.9 Å². The van der Waals surface area contributed by atoms with Crippen molar-refractivity contribution in [1.29, 1.82) is 0 Å². The average molecular weight is 292 g/mol. The highest BCUT2D eigenvalue weighted by molar-refractivity contribution is 6.01. The fourth-order valence-electron chi connectivity index (χ4n) is 2.37. The number of rotatable bonds is 4. The van der Waals surface area contributed by atoms with Crippen LogP contribution in [0.15, 0.2) is 0 Å². The molecule has 0 aliphatic carbocycles. The third-order valence-corrected chi connectivity index (χ3v) is 3.57. The molecule has 0 aromatic heterocycles. The van der Waals surface area contributed by atoms with Crippen molar-refractivity contribution in [2.24, 2.45) is 0 Å². The van der Waals surface area contributed by atoms with E-state index in [9.17, 15) is 34.8 Å². The van der Waals surface area contributed by atoms with Crippen molar-refractivity contribution in [2.45, 2.75) is 43.0 Å². The minimum absolute atomic E-state index is 0.392. The molecule has 9 heteroatoms. The van der Waals surface area contributed by atoms with Gasteiger partial charge in [0.2, 0.25) is 5.60 Å². The molecule has 0 spiro atoms. The van der Waals surface area contributed by atoms with Gasteiger partial charge in [-0.1, -0.05) is 0 Å². The zero-order chi connectivity index (χ0) is 15.9. The summed E-state index contributed by atoms with van der Waals surface area (Å²) in [6.07, 6.45) is -4.39. The van der Waals surface area contributed by atoms with E-state index in [2.05, 4.69) is 4.74 Å². The molecule has 0 saturated carbocycles. The van der Waals surface area contributed by atoms with Gasteiger partial charge in [0.05, 0.1) is 6.61 Å². The number of Topliss-reactive ketones (excluding diaryl/α,β-unsaturated/α-hetero) is 2. The van der Waals surface area contributed by atoms with Crippen LogP contribution in [0.3, 0.4) is 0 Å². The van der Waals surface area contributed by atoms with Gasteiger partial charge in [-0.05, 0) is 13.8 Å². The Morgan fingerprint density at radius 2 is 1.70 bits per heavy atom. The summed E-state index contributed by atoms with van der Waals surface area (Å²) in [5.74, 6) is -5.96. The second-order valence-corrected chi connectivity index (χ2v) is 4.69. The predicted molar refractivity (Wildman–Crippen MR) is 60.2 cm³/mol. The Morgan fingerprint density at radius 3 is 2.00 bits per heavy atom. The van der Waals surface area contributed by atoms with Crippen LogP contribution in [0.4, 0.5) is 0 Å². The molecule has 5 N–H and O–H groups in total. The molecule has 114 valence electrons. The fourth-order valence-corrected chi connectivity index (χ4v) is 2.37. The van der Waals surface area contributed by atoms with Gasteiger partial charge < -0.3 is 30.3 Å². The topological polar surface area (TPSA) is 162 Å². The first-order chi connectivity index (χ1) is 9.02. The van der Waals surface area contributed by atoms with Gasteiger partial charge in [0.25, 0.3) is 5.79 Å². The number of hydrogen-bond donors (Lipinski definition) is 5. The summed E-state index contributed by atoms with van der Waals surface area (Å²) in [5.41, 5.74) is -6.64. The molecule has 1 rings (SSSR count). The van der Waals surface area contributed by atoms with Crippen molar-refractivity contribution in [2.75, 3.05) is 6.61 Å². The van der Waals surface area contributed by atoms with Gasteiger partial charge in [-0.25, -0.2) is 0 Å². The quantitative estimate of drug-likeness (QED) is 0.328. The molecule has 0 aromatic rings. The van der Waals surface area contributed by atoms with Crippen LogP contribution < -0.4 is 0 Å². The maximum absolute atomic E-state index is 11.6. The summed E-state index contributed by atoms with van der Waals surface area (Å²) in [6, 6.07) is 0. The smallest absolute Gasteiger partial charge is 0.264 e. The zero-order valence-electron chi connectivity index (χ0n) is 10.8. The first-order valence-electron chi connectivity index (χ1n) is 5.65. The maximum atomic E-state index is 11.6. The molecule has 1 unspecified atom stereocenters. The highest BCUT2D eigenvalue weighted by atomic mass is 16.7. The van der Waals surface area contributed by atoms with Crippen LogP contribution in [-0.2, 0) is 19.1 Å². The number of carbonyl (C=O) groups is 3. The van der Waals surface area contributed by atoms with Crippen molar-refractivity contribution in [3.8, 4) is 0 Å². The van der Waals surface area contributed by atoms with Gasteiger partial charge >= 0.3 is 0 Å². The maximum Gasteiger partial charge on any atom is 0.264 e. The lowest BCUT2D eigenvalue weighted by atomic mass is 9.66. The van der Waals surface area contributed by atoms with E-state index in [0.717, 1.165) is 6.92 Å². The molecule has 0 aromatic carbocycles. The average Bonchev–Trinajstić information content (AvgIpc) is 2.39. The molecule has 0 radical (unpaired) electrons. The molecule has 1 fully saturated rings. The number of ether oxygens (including phenoxy) is 1. The van der Waals surface area contributed by atoms with Crippen LogP contribution in [-0.4, -0.2) is 79.2 Å². The fraction of sp³-hybridized carbons (Fsp3) is 0.727. The van der Waals surface area contributed by atoms with E-state index in [1.807, 2.05) is 0 Å². The second kappa shape index (κ2) is 4.95. The standard InChI is InChI=1S/C11H16O9/c1-5(14)10(18)8(16)7(3-12)20-9(17,4-13)11(10,19)6(2)15/h4,7-8,12,16-19H,3H2,1-2H3/t7-,8+,9?,10+,11-/m1/s1. The van der Waals surface area contributed by atoms with Crippen LogP contribution >= 0.6 is 0 Å². The van der Waals surface area contributed by atoms with Gasteiger partial charge in [0.1, 0.15) is 12.2 Å². The Bertz CT molecular complexity index is 449. The molecular formula is C11H16O9. The Hall–Kier alpha value is -1.23. The largest absolute Gasteiger partial charge is 0.394 e. The molecule has 20 heavy (non-hydrogen) atoms. The molecular weight excluding hydrogens is 276 g/mol. The molecule has 1 saturated heterocycles.